The molecule has 106 valence electrons. The molecule has 0 aliphatic heterocycles. The Kier molecular flexibility index (Phi) is 3.65. The molecule has 21 heavy (non-hydrogen) atoms. The Hall–Kier alpha value is -2.67. The Morgan fingerprint density at radius 1 is 1.29 bits per heavy atom. The minimum absolute atomic E-state index is 0.0682. The summed E-state index contributed by atoms with van der Waals surface area (Å²) in [5, 5.41) is 23.1. The van der Waals surface area contributed by atoms with Crippen molar-refractivity contribution in [3.8, 4) is 10.6 Å². The van der Waals surface area contributed by atoms with Gasteiger partial charge in [0.1, 0.15) is 5.69 Å². The molecule has 0 spiro atoms. The molecular formula is C14H12N4O2S. The number of hydrogen-bond donors (Lipinski definition) is 2. The van der Waals surface area contributed by atoms with Gasteiger partial charge in [-0.05, 0) is 17.5 Å². The van der Waals surface area contributed by atoms with Gasteiger partial charge in [-0.1, -0.05) is 18.2 Å². The summed E-state index contributed by atoms with van der Waals surface area (Å²) in [6.45, 7) is 0.467. The number of benzene rings is 1. The lowest BCUT2D eigenvalue weighted by Crippen LogP contribution is -2.02. The van der Waals surface area contributed by atoms with Crippen molar-refractivity contribution in [1.29, 1.82) is 0 Å². The minimum atomic E-state index is -0.391. The molecule has 0 saturated carbocycles. The summed E-state index contributed by atoms with van der Waals surface area (Å²) >= 11 is 1.62. The van der Waals surface area contributed by atoms with Crippen molar-refractivity contribution in [3.05, 3.63) is 63.7 Å². The molecule has 0 fully saturated rings. The van der Waals surface area contributed by atoms with E-state index in [2.05, 4.69) is 15.5 Å². The molecule has 2 N–H and O–H groups in total. The Morgan fingerprint density at radius 3 is 2.90 bits per heavy atom. The zero-order valence-electron chi connectivity index (χ0n) is 10.9. The second-order valence-electron chi connectivity index (χ2n) is 4.38. The number of thiophene rings is 1. The number of nitro groups is 1. The van der Waals surface area contributed by atoms with E-state index in [0.717, 1.165) is 16.1 Å². The number of nitrogens with zero attached hydrogens (tertiary/aromatic N) is 2. The Bertz CT molecular complexity index is 752. The molecule has 2 aromatic heterocycles. The smallest absolute Gasteiger partial charge is 0.292 e. The maximum absolute atomic E-state index is 11.0. The van der Waals surface area contributed by atoms with Gasteiger partial charge in [0.2, 0.25) is 0 Å². The number of rotatable bonds is 5. The van der Waals surface area contributed by atoms with Crippen molar-refractivity contribution in [2.45, 2.75) is 6.54 Å². The first-order valence-corrected chi connectivity index (χ1v) is 7.17. The molecule has 0 saturated heterocycles. The lowest BCUT2D eigenvalue weighted by molar-refractivity contribution is -0.384. The van der Waals surface area contributed by atoms with Crippen LogP contribution >= 0.6 is 11.3 Å². The molecule has 6 nitrogen and oxygen atoms in total. The van der Waals surface area contributed by atoms with Gasteiger partial charge in [0.15, 0.2) is 0 Å². The third-order valence-corrected chi connectivity index (χ3v) is 3.94. The molecule has 0 radical (unpaired) electrons. The Balaban J connectivity index is 1.81. The van der Waals surface area contributed by atoms with Crippen molar-refractivity contribution in [1.82, 2.24) is 10.2 Å². The number of nitrogens with one attached hydrogen (secondary N) is 2. The quantitative estimate of drug-likeness (QED) is 0.556. The third-order valence-electron chi connectivity index (χ3n) is 3.06. The van der Waals surface area contributed by atoms with Crippen LogP contribution in [0.3, 0.4) is 0 Å². The van der Waals surface area contributed by atoms with E-state index >= 15 is 0 Å². The molecule has 2 heterocycles. The minimum Gasteiger partial charge on any atom is -0.375 e. The van der Waals surface area contributed by atoms with Gasteiger partial charge in [0.25, 0.3) is 5.69 Å². The molecule has 0 atom stereocenters. The summed E-state index contributed by atoms with van der Waals surface area (Å²) in [4.78, 5) is 11.7. The van der Waals surface area contributed by atoms with E-state index in [4.69, 9.17) is 0 Å². The average Bonchev–Trinajstić information content (AvgIpc) is 3.16. The van der Waals surface area contributed by atoms with E-state index in [1.165, 1.54) is 6.07 Å². The van der Waals surface area contributed by atoms with Crippen LogP contribution in [0.5, 0.6) is 0 Å². The summed E-state index contributed by atoms with van der Waals surface area (Å²) in [6, 6.07) is 10.6. The van der Waals surface area contributed by atoms with Gasteiger partial charge in [0.05, 0.1) is 21.7 Å². The van der Waals surface area contributed by atoms with Gasteiger partial charge in [-0.25, -0.2) is 0 Å². The zero-order chi connectivity index (χ0) is 14.7. The number of H-pyrrole nitrogens is 1. The Labute approximate surface area is 124 Å². The molecule has 1 aromatic carbocycles. The van der Waals surface area contributed by atoms with Crippen molar-refractivity contribution in [2.75, 3.05) is 5.32 Å². The molecule has 7 heteroatoms. The summed E-state index contributed by atoms with van der Waals surface area (Å²) in [5.41, 5.74) is 2.48. The highest BCUT2D eigenvalue weighted by molar-refractivity contribution is 7.13. The fourth-order valence-corrected chi connectivity index (χ4v) is 2.81. The number of hydrogen-bond acceptors (Lipinski definition) is 5. The molecule has 3 aromatic rings. The van der Waals surface area contributed by atoms with Crippen molar-refractivity contribution in [3.63, 3.8) is 0 Å². The van der Waals surface area contributed by atoms with Crippen molar-refractivity contribution < 1.29 is 4.92 Å². The largest absolute Gasteiger partial charge is 0.375 e. The third kappa shape index (κ3) is 2.77. The zero-order valence-corrected chi connectivity index (χ0v) is 11.8. The van der Waals surface area contributed by atoms with Crippen LogP contribution in [-0.2, 0) is 6.54 Å². The monoisotopic (exact) mass is 300 g/mol. The van der Waals surface area contributed by atoms with E-state index in [1.807, 2.05) is 17.5 Å². The number of aromatic nitrogens is 2. The highest BCUT2D eigenvalue weighted by atomic mass is 32.1. The number of anilines is 1. The van der Waals surface area contributed by atoms with Gasteiger partial charge in [-0.2, -0.15) is 5.10 Å². The molecule has 0 bridgehead atoms. The van der Waals surface area contributed by atoms with Crippen LogP contribution in [0.25, 0.3) is 10.6 Å². The second-order valence-corrected chi connectivity index (χ2v) is 5.32. The molecule has 0 unspecified atom stereocenters. The number of nitro benzene ring substituents is 1. The molecule has 0 aliphatic rings. The van der Waals surface area contributed by atoms with Gasteiger partial charge >= 0.3 is 0 Å². The second kappa shape index (κ2) is 5.76. The fourth-order valence-electron chi connectivity index (χ4n) is 2.05. The van der Waals surface area contributed by atoms with Crippen LogP contribution in [0, 0.1) is 10.1 Å². The summed E-state index contributed by atoms with van der Waals surface area (Å²) in [6.07, 6.45) is 1.73. The van der Waals surface area contributed by atoms with Gasteiger partial charge in [0, 0.05) is 18.2 Å². The summed E-state index contributed by atoms with van der Waals surface area (Å²) in [7, 11) is 0. The van der Waals surface area contributed by atoms with Crippen LogP contribution in [0.4, 0.5) is 11.4 Å². The van der Waals surface area contributed by atoms with E-state index in [-0.39, 0.29) is 5.69 Å². The van der Waals surface area contributed by atoms with Crippen LogP contribution in [0.2, 0.25) is 0 Å². The predicted molar refractivity (Wildman–Crippen MR) is 82.3 cm³/mol. The lowest BCUT2D eigenvalue weighted by atomic mass is 10.2. The average molecular weight is 300 g/mol. The van der Waals surface area contributed by atoms with Crippen LogP contribution in [0.15, 0.2) is 48.0 Å². The van der Waals surface area contributed by atoms with Crippen molar-refractivity contribution in [2.24, 2.45) is 0 Å². The molecule has 0 aliphatic carbocycles. The predicted octanol–water partition coefficient (Wildman–Crippen LogP) is 3.66. The normalized spacial score (nSPS) is 10.5. The van der Waals surface area contributed by atoms with Crippen LogP contribution < -0.4 is 5.32 Å². The van der Waals surface area contributed by atoms with Crippen molar-refractivity contribution >= 4 is 22.7 Å². The SMILES string of the molecule is O=[N+]([O-])c1ccccc1NCc1cn[nH]c1-c1cccs1. The van der Waals surface area contributed by atoms with E-state index in [1.54, 1.807) is 35.7 Å². The summed E-state index contributed by atoms with van der Waals surface area (Å²) < 4.78 is 0. The van der Waals surface area contributed by atoms with E-state index < -0.39 is 4.92 Å². The first kappa shape index (κ1) is 13.3. The van der Waals surface area contributed by atoms with Gasteiger partial charge in [-0.15, -0.1) is 11.3 Å². The fraction of sp³-hybridized carbons (Fsp3) is 0.0714. The summed E-state index contributed by atoms with van der Waals surface area (Å²) in [5.74, 6) is 0. The molecule has 0 amide bonds. The Morgan fingerprint density at radius 2 is 2.14 bits per heavy atom. The molecule has 3 rings (SSSR count). The number of aromatic amines is 1. The topological polar surface area (TPSA) is 83.8 Å². The van der Waals surface area contributed by atoms with Crippen LogP contribution in [-0.4, -0.2) is 15.1 Å². The highest BCUT2D eigenvalue weighted by Gasteiger charge is 2.13. The lowest BCUT2D eigenvalue weighted by Gasteiger charge is -2.06. The maximum Gasteiger partial charge on any atom is 0.292 e. The van der Waals surface area contributed by atoms with Crippen LogP contribution in [0.1, 0.15) is 5.56 Å². The first-order valence-electron chi connectivity index (χ1n) is 6.29. The number of para-hydroxylation sites is 2. The van der Waals surface area contributed by atoms with Gasteiger partial charge in [-0.3, -0.25) is 15.2 Å². The van der Waals surface area contributed by atoms with Gasteiger partial charge < -0.3 is 5.32 Å². The highest BCUT2D eigenvalue weighted by Crippen LogP contribution is 2.28. The van der Waals surface area contributed by atoms with E-state index in [9.17, 15) is 10.1 Å². The first-order chi connectivity index (χ1) is 10.3. The maximum atomic E-state index is 11.0. The standard InChI is InChI=1S/C14H12N4O2S/c19-18(20)12-5-2-1-4-11(12)15-8-10-9-16-17-14(10)13-6-3-7-21-13/h1-7,9,15H,8H2,(H,16,17). The van der Waals surface area contributed by atoms with E-state index in [0.29, 0.717) is 12.2 Å². The molecular weight excluding hydrogens is 288 g/mol.